The molecule has 6 heteroatoms. The van der Waals surface area contributed by atoms with Crippen LogP contribution in [0.3, 0.4) is 0 Å². The molecule has 0 bridgehead atoms. The number of nitrogens with zero attached hydrogens (tertiary/aromatic N) is 2. The Morgan fingerprint density at radius 3 is 1.75 bits per heavy atom. The van der Waals surface area contributed by atoms with Gasteiger partial charge >= 0.3 is 0 Å². The molecule has 0 saturated heterocycles. The van der Waals surface area contributed by atoms with Crippen molar-refractivity contribution in [2.45, 2.75) is 97.4 Å². The van der Waals surface area contributed by atoms with Gasteiger partial charge in [0.25, 0.3) is 0 Å². The zero-order chi connectivity index (χ0) is 33.1. The zero-order valence-corrected chi connectivity index (χ0v) is 32.1. The van der Waals surface area contributed by atoms with Gasteiger partial charge in [0.1, 0.15) is 13.6 Å². The maximum atomic E-state index is 2.54. The minimum absolute atomic E-state index is 1.04. The molecule has 0 aromatic carbocycles. The summed E-state index contributed by atoms with van der Waals surface area (Å²) in [5.74, 6) is 0. The second kappa shape index (κ2) is 17.7. The van der Waals surface area contributed by atoms with E-state index < -0.39 is 0 Å². The Morgan fingerprint density at radius 1 is 0.521 bits per heavy atom. The summed E-state index contributed by atoms with van der Waals surface area (Å²) in [4.78, 5) is 10.2. The molecule has 0 unspecified atom stereocenters. The molecule has 2 nitrogen and oxygen atoms in total. The molecule has 0 N–H and O–H groups in total. The van der Waals surface area contributed by atoms with Gasteiger partial charge in [-0.15, -0.1) is 45.3 Å². The lowest BCUT2D eigenvalue weighted by Crippen LogP contribution is -2.32. The van der Waals surface area contributed by atoms with Gasteiger partial charge in [-0.1, -0.05) is 52.4 Å². The predicted octanol–water partition coefficient (Wildman–Crippen LogP) is 12.6. The van der Waals surface area contributed by atoms with Crippen molar-refractivity contribution in [1.82, 2.24) is 0 Å². The second-order valence-corrected chi connectivity index (χ2v) is 17.2. The number of aromatic nitrogens is 2. The van der Waals surface area contributed by atoms with E-state index in [1.54, 1.807) is 5.56 Å². The highest BCUT2D eigenvalue weighted by Crippen LogP contribution is 2.45. The van der Waals surface area contributed by atoms with Crippen LogP contribution in [-0.4, -0.2) is 0 Å². The third-order valence-corrected chi connectivity index (χ3v) is 14.1. The number of unbranched alkanes of at least 4 members (excludes halogenated alkanes) is 6. The van der Waals surface area contributed by atoms with Crippen LogP contribution in [-0.2, 0) is 32.9 Å². The van der Waals surface area contributed by atoms with Gasteiger partial charge in [-0.25, -0.2) is 9.13 Å². The normalized spacial score (nSPS) is 11.5. The van der Waals surface area contributed by atoms with E-state index in [2.05, 4.69) is 121 Å². The van der Waals surface area contributed by atoms with E-state index in [1.165, 1.54) is 115 Å². The van der Waals surface area contributed by atoms with Crippen molar-refractivity contribution in [2.24, 2.45) is 7.05 Å². The summed E-state index contributed by atoms with van der Waals surface area (Å²) in [6.45, 7) is 5.63. The number of hydrogen-bond acceptors (Lipinski definition) is 4. The van der Waals surface area contributed by atoms with Crippen molar-refractivity contribution in [1.29, 1.82) is 0 Å². The molecule has 0 radical (unpaired) electrons. The summed E-state index contributed by atoms with van der Waals surface area (Å²) in [7, 11) is 2.06. The van der Waals surface area contributed by atoms with E-state index in [1.807, 2.05) is 45.3 Å². The molecule has 0 aliphatic heterocycles. The predicted molar refractivity (Wildman–Crippen MR) is 212 cm³/mol. The number of pyridine rings is 2. The fourth-order valence-electron chi connectivity index (χ4n) is 6.35. The van der Waals surface area contributed by atoms with E-state index in [4.69, 9.17) is 0 Å². The van der Waals surface area contributed by atoms with E-state index in [0.717, 1.165) is 19.4 Å². The van der Waals surface area contributed by atoms with Crippen LogP contribution < -0.4 is 9.13 Å². The second-order valence-electron chi connectivity index (χ2n) is 13.0. The first-order valence-electron chi connectivity index (χ1n) is 17.9. The van der Waals surface area contributed by atoms with Crippen LogP contribution in [0.25, 0.3) is 40.4 Å². The largest absolute Gasteiger partial charge is 0.208 e. The number of thiophene rings is 4. The maximum absolute atomic E-state index is 2.54. The third-order valence-electron chi connectivity index (χ3n) is 9.15. The van der Waals surface area contributed by atoms with Crippen LogP contribution >= 0.6 is 45.3 Å². The zero-order valence-electron chi connectivity index (χ0n) is 28.9. The summed E-state index contributed by atoms with van der Waals surface area (Å²) in [6.07, 6.45) is 23.9. The lowest BCUT2D eigenvalue weighted by atomic mass is 10.1. The highest BCUT2D eigenvalue weighted by molar-refractivity contribution is 7.28. The lowest BCUT2D eigenvalue weighted by Gasteiger charge is -2.02. The van der Waals surface area contributed by atoms with Gasteiger partial charge in [-0.2, -0.15) is 0 Å². The first-order valence-corrected chi connectivity index (χ1v) is 21.3. The standard InChI is InChI=1S/C42H50N2S4/c1-4-6-8-10-13-34-24-30-45-41(34)39-18-16-37(47-39)38-17-19-40(48-38)42-35(14-11-9-7-5-2)31-36(46-42)15-12-25-44-28-22-33(23-29-44)32-20-26-43(3)27-21-32/h16-24,26-31H,4-15,25H2,1-3H3/q+2. The Kier molecular flexibility index (Phi) is 12.9. The van der Waals surface area contributed by atoms with E-state index in [-0.39, 0.29) is 0 Å². The molecule has 0 aliphatic carbocycles. The molecule has 0 amide bonds. The third kappa shape index (κ3) is 9.20. The topological polar surface area (TPSA) is 7.76 Å². The van der Waals surface area contributed by atoms with Crippen LogP contribution in [0.5, 0.6) is 0 Å². The molecule has 0 aliphatic rings. The molecule has 6 heterocycles. The number of rotatable bonds is 18. The molecule has 48 heavy (non-hydrogen) atoms. The minimum atomic E-state index is 1.04. The smallest absolute Gasteiger partial charge is 0.169 e. The SMILES string of the molecule is CCCCCCc1ccsc1-c1ccc(-c2ccc(-c3sc(CCC[n+]4ccc(-c5cc[n+](C)cc5)cc4)cc3CCCCCC)s2)s1. The summed E-state index contributed by atoms with van der Waals surface area (Å²) in [5, 5.41) is 2.28. The Balaban J connectivity index is 1.12. The van der Waals surface area contributed by atoms with Crippen LogP contribution in [0.15, 0.2) is 90.8 Å². The van der Waals surface area contributed by atoms with E-state index >= 15 is 0 Å². The minimum Gasteiger partial charge on any atom is -0.208 e. The molecule has 6 aromatic heterocycles. The monoisotopic (exact) mass is 710 g/mol. The van der Waals surface area contributed by atoms with Crippen molar-refractivity contribution >= 4 is 45.3 Å². The van der Waals surface area contributed by atoms with Crippen LogP contribution in [0, 0.1) is 0 Å². The highest BCUT2D eigenvalue weighted by Gasteiger charge is 2.17. The number of aryl methyl sites for hydroxylation is 5. The van der Waals surface area contributed by atoms with Gasteiger partial charge in [0, 0.05) is 64.8 Å². The number of hydrogen-bond donors (Lipinski definition) is 0. The lowest BCUT2D eigenvalue weighted by molar-refractivity contribution is -0.697. The van der Waals surface area contributed by atoms with Gasteiger partial charge in [-0.3, -0.25) is 0 Å². The van der Waals surface area contributed by atoms with Crippen molar-refractivity contribution in [2.75, 3.05) is 0 Å². The van der Waals surface area contributed by atoms with Crippen molar-refractivity contribution < 1.29 is 9.13 Å². The van der Waals surface area contributed by atoms with Gasteiger partial charge in [0.05, 0.1) is 0 Å². The summed E-state index contributed by atoms with van der Waals surface area (Å²) < 4.78 is 4.41. The molecule has 0 atom stereocenters. The van der Waals surface area contributed by atoms with Gasteiger partial charge in [0.15, 0.2) is 24.8 Å². The molecular weight excluding hydrogens is 661 g/mol. The fraction of sp³-hybridized carbons (Fsp3) is 0.381. The Bertz CT molecular complexity index is 1830. The van der Waals surface area contributed by atoms with Gasteiger partial charge in [-0.05, 0) is 96.1 Å². The highest BCUT2D eigenvalue weighted by atomic mass is 32.1. The van der Waals surface area contributed by atoms with Crippen molar-refractivity contribution in [3.05, 3.63) is 107 Å². The summed E-state index contributed by atoms with van der Waals surface area (Å²) in [6, 6.07) is 23.2. The molecular formula is C42H50N2S4+2. The Morgan fingerprint density at radius 2 is 1.10 bits per heavy atom. The van der Waals surface area contributed by atoms with Crippen LogP contribution in [0.4, 0.5) is 0 Å². The fourth-order valence-corrected chi connectivity index (χ4v) is 11.0. The summed E-state index contributed by atoms with van der Waals surface area (Å²) >= 11 is 7.91. The summed E-state index contributed by atoms with van der Waals surface area (Å²) in [5.41, 5.74) is 5.63. The molecule has 6 aromatic rings. The maximum Gasteiger partial charge on any atom is 0.169 e. The van der Waals surface area contributed by atoms with E-state index in [9.17, 15) is 0 Å². The first-order chi connectivity index (χ1) is 23.6. The average Bonchev–Trinajstić information content (AvgIpc) is 3.93. The Labute approximate surface area is 304 Å². The quantitative estimate of drug-likeness (QED) is 0.0620. The van der Waals surface area contributed by atoms with Gasteiger partial charge in [0.2, 0.25) is 0 Å². The van der Waals surface area contributed by atoms with Crippen molar-refractivity contribution in [3.8, 4) is 40.4 Å². The Hall–Kier alpha value is -2.90. The average molecular weight is 711 g/mol. The molecule has 250 valence electrons. The van der Waals surface area contributed by atoms with Gasteiger partial charge < -0.3 is 0 Å². The molecule has 6 rings (SSSR count). The first kappa shape index (κ1) is 34.9. The van der Waals surface area contributed by atoms with Crippen LogP contribution in [0.1, 0.15) is 87.6 Å². The van der Waals surface area contributed by atoms with Crippen molar-refractivity contribution in [3.63, 3.8) is 0 Å². The molecule has 0 spiro atoms. The molecule has 0 saturated carbocycles. The van der Waals surface area contributed by atoms with Crippen LogP contribution in [0.2, 0.25) is 0 Å². The van der Waals surface area contributed by atoms with E-state index in [0.29, 0.717) is 0 Å². The molecule has 0 fully saturated rings.